The Morgan fingerprint density at radius 3 is 2.47 bits per heavy atom. The number of rotatable bonds is 4. The van der Waals surface area contributed by atoms with Crippen molar-refractivity contribution in [2.75, 3.05) is 6.61 Å². The Kier molecular flexibility index (Phi) is 4.31. The molecule has 2 atom stereocenters. The molecule has 0 aliphatic carbocycles. The highest BCUT2D eigenvalue weighted by Gasteiger charge is 2.11. The van der Waals surface area contributed by atoms with Gasteiger partial charge in [-0.25, -0.2) is 4.79 Å². The second-order valence-electron chi connectivity index (χ2n) is 3.80. The second kappa shape index (κ2) is 5.51. The third-order valence-corrected chi connectivity index (χ3v) is 2.38. The fourth-order valence-corrected chi connectivity index (χ4v) is 1.02. The van der Waals surface area contributed by atoms with Gasteiger partial charge in [-0.15, -0.1) is 0 Å². The smallest absolute Gasteiger partial charge is 0.338 e. The highest BCUT2D eigenvalue weighted by Crippen LogP contribution is 2.05. The van der Waals surface area contributed by atoms with Gasteiger partial charge in [-0.05, 0) is 19.1 Å². The third-order valence-electron chi connectivity index (χ3n) is 2.38. The molecule has 0 fully saturated rings. The number of hydrogen-bond acceptors (Lipinski definition) is 3. The molecule has 0 saturated carbocycles. The molecule has 82 valence electrons. The van der Waals surface area contributed by atoms with E-state index in [0.29, 0.717) is 12.2 Å². The molecule has 3 nitrogen and oxygen atoms in total. The fraction of sp³-hybridized carbons (Fsp3) is 0.417. The Morgan fingerprint density at radius 1 is 1.33 bits per heavy atom. The topological polar surface area (TPSA) is 52.3 Å². The Bertz CT molecular complexity index is 309. The van der Waals surface area contributed by atoms with Crippen LogP contribution in [-0.2, 0) is 4.74 Å². The van der Waals surface area contributed by atoms with Crippen LogP contribution in [0, 0.1) is 5.92 Å². The number of esters is 1. The van der Waals surface area contributed by atoms with Crippen LogP contribution in [0.25, 0.3) is 0 Å². The van der Waals surface area contributed by atoms with Gasteiger partial charge >= 0.3 is 5.97 Å². The maximum absolute atomic E-state index is 11.5. The molecule has 0 bridgehead atoms. The van der Waals surface area contributed by atoms with Gasteiger partial charge in [-0.2, -0.15) is 0 Å². The van der Waals surface area contributed by atoms with Gasteiger partial charge in [-0.3, -0.25) is 0 Å². The number of carbonyl (C=O) groups excluding carboxylic acids is 1. The Hall–Kier alpha value is -1.35. The van der Waals surface area contributed by atoms with Gasteiger partial charge in [0.05, 0.1) is 12.2 Å². The summed E-state index contributed by atoms with van der Waals surface area (Å²) in [4.78, 5) is 11.5. The molecule has 0 aromatic heterocycles. The van der Waals surface area contributed by atoms with Crippen LogP contribution < -0.4 is 5.73 Å². The summed E-state index contributed by atoms with van der Waals surface area (Å²) in [5, 5.41) is 0. The molecule has 1 rings (SSSR count). The van der Waals surface area contributed by atoms with Gasteiger partial charge in [0.15, 0.2) is 0 Å². The van der Waals surface area contributed by atoms with Crippen molar-refractivity contribution < 1.29 is 9.53 Å². The summed E-state index contributed by atoms with van der Waals surface area (Å²) in [5.74, 6) is -0.110. The summed E-state index contributed by atoms with van der Waals surface area (Å²) in [6, 6.07) is 8.99. The van der Waals surface area contributed by atoms with Crippen LogP contribution in [0.3, 0.4) is 0 Å². The monoisotopic (exact) mass is 207 g/mol. The lowest BCUT2D eigenvalue weighted by Crippen LogP contribution is -2.28. The zero-order valence-corrected chi connectivity index (χ0v) is 9.14. The highest BCUT2D eigenvalue weighted by molar-refractivity contribution is 5.89. The Morgan fingerprint density at radius 2 is 1.93 bits per heavy atom. The van der Waals surface area contributed by atoms with Crippen LogP contribution in [0.2, 0.25) is 0 Å². The average molecular weight is 207 g/mol. The Balaban J connectivity index is 2.44. The molecule has 3 heteroatoms. The van der Waals surface area contributed by atoms with Crippen molar-refractivity contribution in [2.45, 2.75) is 19.9 Å². The maximum atomic E-state index is 11.5. The first-order valence-corrected chi connectivity index (χ1v) is 5.09. The van der Waals surface area contributed by atoms with Crippen LogP contribution in [0.5, 0.6) is 0 Å². The normalized spacial score (nSPS) is 14.3. The maximum Gasteiger partial charge on any atom is 0.338 e. The SMILES string of the molecule is C[C@H](N)[C@H](C)COC(=O)c1ccccc1. The van der Waals surface area contributed by atoms with E-state index in [9.17, 15) is 4.79 Å². The van der Waals surface area contributed by atoms with Crippen LogP contribution in [0.15, 0.2) is 30.3 Å². The van der Waals surface area contributed by atoms with E-state index in [2.05, 4.69) is 0 Å². The molecule has 0 saturated heterocycles. The van der Waals surface area contributed by atoms with Crippen LogP contribution in [-0.4, -0.2) is 18.6 Å². The Labute approximate surface area is 90.2 Å². The predicted octanol–water partition coefficient (Wildman–Crippen LogP) is 1.83. The minimum atomic E-state index is -0.289. The lowest BCUT2D eigenvalue weighted by Gasteiger charge is -2.15. The predicted molar refractivity (Wildman–Crippen MR) is 59.5 cm³/mol. The molecule has 0 amide bonds. The molecule has 2 N–H and O–H groups in total. The van der Waals surface area contributed by atoms with Crippen molar-refractivity contribution in [2.24, 2.45) is 11.7 Å². The summed E-state index contributed by atoms with van der Waals surface area (Å²) in [6.07, 6.45) is 0. The van der Waals surface area contributed by atoms with E-state index in [0.717, 1.165) is 0 Å². The summed E-state index contributed by atoms with van der Waals surface area (Å²) in [7, 11) is 0. The van der Waals surface area contributed by atoms with Gasteiger partial charge in [0.1, 0.15) is 0 Å². The van der Waals surface area contributed by atoms with Crippen LogP contribution in [0.1, 0.15) is 24.2 Å². The molecule has 0 aliphatic heterocycles. The molecular weight excluding hydrogens is 190 g/mol. The molecule has 0 heterocycles. The van der Waals surface area contributed by atoms with E-state index in [1.165, 1.54) is 0 Å². The number of carbonyl (C=O) groups is 1. The average Bonchev–Trinajstić information content (AvgIpc) is 2.26. The summed E-state index contributed by atoms with van der Waals surface area (Å²) in [6.45, 7) is 4.23. The van der Waals surface area contributed by atoms with Crippen molar-refractivity contribution in [1.82, 2.24) is 0 Å². The summed E-state index contributed by atoms with van der Waals surface area (Å²) in [5.41, 5.74) is 6.25. The van der Waals surface area contributed by atoms with Gasteiger partial charge < -0.3 is 10.5 Å². The van der Waals surface area contributed by atoms with Crippen molar-refractivity contribution in [3.63, 3.8) is 0 Å². The fourth-order valence-electron chi connectivity index (χ4n) is 1.02. The lowest BCUT2D eigenvalue weighted by atomic mass is 10.1. The second-order valence-corrected chi connectivity index (χ2v) is 3.80. The van der Waals surface area contributed by atoms with Crippen molar-refractivity contribution in [1.29, 1.82) is 0 Å². The number of benzene rings is 1. The third kappa shape index (κ3) is 3.72. The van der Waals surface area contributed by atoms with Crippen molar-refractivity contribution in [3.05, 3.63) is 35.9 Å². The largest absolute Gasteiger partial charge is 0.462 e. The zero-order valence-electron chi connectivity index (χ0n) is 9.14. The van der Waals surface area contributed by atoms with E-state index >= 15 is 0 Å². The standard InChI is InChI=1S/C12H17NO2/c1-9(10(2)13)8-15-12(14)11-6-4-3-5-7-11/h3-7,9-10H,8,13H2,1-2H3/t9-,10+/m1/s1. The first kappa shape index (κ1) is 11.7. The molecule has 15 heavy (non-hydrogen) atoms. The number of hydrogen-bond donors (Lipinski definition) is 1. The van der Waals surface area contributed by atoms with Gasteiger partial charge in [-0.1, -0.05) is 25.1 Å². The molecule has 1 aromatic rings. The first-order chi connectivity index (χ1) is 7.11. The van der Waals surface area contributed by atoms with Crippen molar-refractivity contribution in [3.8, 4) is 0 Å². The summed E-state index contributed by atoms with van der Waals surface area (Å²) >= 11 is 0. The molecule has 0 radical (unpaired) electrons. The molecule has 1 aromatic carbocycles. The van der Waals surface area contributed by atoms with Gasteiger partial charge in [0.2, 0.25) is 0 Å². The quantitative estimate of drug-likeness (QED) is 0.766. The minimum Gasteiger partial charge on any atom is -0.462 e. The van der Waals surface area contributed by atoms with Crippen LogP contribution in [0.4, 0.5) is 0 Å². The molecular formula is C12H17NO2. The van der Waals surface area contributed by atoms with E-state index in [1.54, 1.807) is 12.1 Å². The van der Waals surface area contributed by atoms with E-state index < -0.39 is 0 Å². The van der Waals surface area contributed by atoms with E-state index in [-0.39, 0.29) is 17.9 Å². The first-order valence-electron chi connectivity index (χ1n) is 5.09. The summed E-state index contributed by atoms with van der Waals surface area (Å²) < 4.78 is 5.13. The van der Waals surface area contributed by atoms with Crippen molar-refractivity contribution >= 4 is 5.97 Å². The van der Waals surface area contributed by atoms with E-state index in [1.807, 2.05) is 32.0 Å². The number of nitrogens with two attached hydrogens (primary N) is 1. The van der Waals surface area contributed by atoms with Gasteiger partial charge in [0, 0.05) is 12.0 Å². The van der Waals surface area contributed by atoms with Gasteiger partial charge in [0.25, 0.3) is 0 Å². The molecule has 0 aliphatic rings. The zero-order chi connectivity index (χ0) is 11.3. The minimum absolute atomic E-state index is 0.0357. The number of ether oxygens (including phenoxy) is 1. The molecule has 0 spiro atoms. The van der Waals surface area contributed by atoms with E-state index in [4.69, 9.17) is 10.5 Å². The molecule has 0 unspecified atom stereocenters. The van der Waals surface area contributed by atoms with Crippen LogP contribution >= 0.6 is 0 Å². The lowest BCUT2D eigenvalue weighted by molar-refractivity contribution is 0.0437. The highest BCUT2D eigenvalue weighted by atomic mass is 16.5.